The van der Waals surface area contributed by atoms with Gasteiger partial charge in [-0.15, -0.1) is 0 Å². The number of hydrogen-bond donors (Lipinski definition) is 1. The van der Waals surface area contributed by atoms with E-state index in [4.69, 9.17) is 19.9 Å². The molecule has 4 rings (SSSR count). The van der Waals surface area contributed by atoms with E-state index in [0.717, 1.165) is 24.2 Å². The average Bonchev–Trinajstić information content (AvgIpc) is 3.19. The maximum Gasteiger partial charge on any atom is 0.103 e. The van der Waals surface area contributed by atoms with Gasteiger partial charge >= 0.3 is 0 Å². The molecular formula is C28H34N2O3. The van der Waals surface area contributed by atoms with Crippen LogP contribution in [0.4, 0.5) is 0 Å². The molecule has 1 aliphatic heterocycles. The van der Waals surface area contributed by atoms with Gasteiger partial charge < -0.3 is 19.9 Å². The van der Waals surface area contributed by atoms with Crippen molar-refractivity contribution >= 4 is 0 Å². The monoisotopic (exact) mass is 446 g/mol. The number of nitrogens with two attached hydrogens (primary N) is 1. The van der Waals surface area contributed by atoms with Gasteiger partial charge in [-0.25, -0.2) is 0 Å². The molecule has 1 fully saturated rings. The summed E-state index contributed by atoms with van der Waals surface area (Å²) in [5.74, 6) is 0. The number of benzene rings is 3. The van der Waals surface area contributed by atoms with Gasteiger partial charge in [0.25, 0.3) is 0 Å². The zero-order chi connectivity index (χ0) is 22.7. The molecule has 0 aliphatic carbocycles. The predicted octanol–water partition coefficient (Wildman–Crippen LogP) is 4.02. The fourth-order valence-corrected chi connectivity index (χ4v) is 4.33. The van der Waals surface area contributed by atoms with Crippen molar-refractivity contribution in [2.24, 2.45) is 5.73 Å². The third kappa shape index (κ3) is 6.97. The summed E-state index contributed by atoms with van der Waals surface area (Å²) < 4.78 is 19.0. The normalized spacial score (nSPS) is 20.8. The van der Waals surface area contributed by atoms with E-state index in [-0.39, 0.29) is 18.2 Å². The van der Waals surface area contributed by atoms with Crippen LogP contribution in [0.2, 0.25) is 0 Å². The maximum atomic E-state index is 6.49. The highest BCUT2D eigenvalue weighted by molar-refractivity contribution is 5.15. The van der Waals surface area contributed by atoms with E-state index < -0.39 is 0 Å². The summed E-state index contributed by atoms with van der Waals surface area (Å²) >= 11 is 0. The Kier molecular flexibility index (Phi) is 9.04. The molecule has 5 heteroatoms. The topological polar surface area (TPSA) is 57.0 Å². The van der Waals surface area contributed by atoms with Crippen LogP contribution in [0.1, 0.15) is 16.7 Å². The van der Waals surface area contributed by atoms with Crippen molar-refractivity contribution in [1.29, 1.82) is 0 Å². The molecule has 0 saturated carbocycles. The Hall–Kier alpha value is -2.54. The van der Waals surface area contributed by atoms with Crippen LogP contribution in [-0.4, -0.2) is 49.4 Å². The smallest absolute Gasteiger partial charge is 0.103 e. The van der Waals surface area contributed by atoms with Crippen LogP contribution in [0.3, 0.4) is 0 Å². The van der Waals surface area contributed by atoms with Gasteiger partial charge in [0.05, 0.1) is 38.6 Å². The number of likely N-dealkylation sites (tertiary alicyclic amines) is 1. The zero-order valence-electron chi connectivity index (χ0n) is 19.1. The van der Waals surface area contributed by atoms with Crippen LogP contribution < -0.4 is 5.73 Å². The van der Waals surface area contributed by atoms with Crippen molar-refractivity contribution < 1.29 is 14.2 Å². The fourth-order valence-electron chi connectivity index (χ4n) is 4.33. The molecule has 2 N–H and O–H groups in total. The van der Waals surface area contributed by atoms with Crippen LogP contribution in [-0.2, 0) is 34.0 Å². The van der Waals surface area contributed by atoms with Gasteiger partial charge in [-0.3, -0.25) is 4.90 Å². The highest BCUT2D eigenvalue weighted by Gasteiger charge is 2.43. The quantitative estimate of drug-likeness (QED) is 0.455. The first-order chi connectivity index (χ1) is 16.3. The predicted molar refractivity (Wildman–Crippen MR) is 131 cm³/mol. The third-order valence-corrected chi connectivity index (χ3v) is 6.04. The van der Waals surface area contributed by atoms with Crippen molar-refractivity contribution in [2.75, 3.05) is 26.2 Å². The first-order valence-corrected chi connectivity index (χ1v) is 11.7. The minimum atomic E-state index is -0.101. The lowest BCUT2D eigenvalue weighted by Gasteiger charge is -2.28. The zero-order valence-corrected chi connectivity index (χ0v) is 19.1. The Morgan fingerprint density at radius 1 is 0.697 bits per heavy atom. The summed E-state index contributed by atoms with van der Waals surface area (Å²) in [6.45, 7) is 4.41. The van der Waals surface area contributed by atoms with Crippen molar-refractivity contribution in [2.45, 2.75) is 38.1 Å². The second kappa shape index (κ2) is 12.6. The average molecular weight is 447 g/mol. The van der Waals surface area contributed by atoms with E-state index in [1.807, 2.05) is 54.6 Å². The van der Waals surface area contributed by atoms with E-state index in [9.17, 15) is 0 Å². The van der Waals surface area contributed by atoms with Gasteiger partial charge in [0.1, 0.15) is 6.10 Å². The van der Waals surface area contributed by atoms with Gasteiger partial charge in [0, 0.05) is 19.6 Å². The molecule has 1 saturated heterocycles. The Bertz CT molecular complexity index is 924. The highest BCUT2D eigenvalue weighted by atomic mass is 16.5. The lowest BCUT2D eigenvalue weighted by molar-refractivity contribution is -0.0816. The molecule has 0 radical (unpaired) electrons. The number of hydrogen-bond acceptors (Lipinski definition) is 5. The maximum absolute atomic E-state index is 6.49. The molecule has 1 heterocycles. The molecule has 0 spiro atoms. The summed E-state index contributed by atoms with van der Waals surface area (Å²) in [6.07, 6.45) is -0.151. The van der Waals surface area contributed by atoms with Gasteiger partial charge in [-0.1, -0.05) is 91.0 Å². The van der Waals surface area contributed by atoms with Crippen molar-refractivity contribution in [3.63, 3.8) is 0 Å². The number of ether oxygens (including phenoxy) is 3. The first kappa shape index (κ1) is 23.6. The van der Waals surface area contributed by atoms with Crippen LogP contribution >= 0.6 is 0 Å². The van der Waals surface area contributed by atoms with Gasteiger partial charge in [0.2, 0.25) is 0 Å². The highest BCUT2D eigenvalue weighted by Crippen LogP contribution is 2.26. The van der Waals surface area contributed by atoms with Crippen molar-refractivity contribution in [1.82, 2.24) is 4.90 Å². The number of rotatable bonds is 12. The molecule has 33 heavy (non-hydrogen) atoms. The Morgan fingerprint density at radius 3 is 1.76 bits per heavy atom. The molecule has 3 aromatic carbocycles. The summed E-state index contributed by atoms with van der Waals surface area (Å²) in [4.78, 5) is 2.36. The minimum Gasteiger partial charge on any atom is -0.375 e. The third-order valence-electron chi connectivity index (χ3n) is 6.04. The van der Waals surface area contributed by atoms with Crippen molar-refractivity contribution in [3.8, 4) is 0 Å². The Balaban J connectivity index is 1.44. The Labute approximate surface area is 197 Å². The molecule has 0 aromatic heterocycles. The van der Waals surface area contributed by atoms with E-state index in [1.165, 1.54) is 5.56 Å². The van der Waals surface area contributed by atoms with Crippen LogP contribution in [0.15, 0.2) is 91.0 Å². The second-order valence-electron chi connectivity index (χ2n) is 8.45. The van der Waals surface area contributed by atoms with Crippen LogP contribution in [0, 0.1) is 0 Å². The van der Waals surface area contributed by atoms with Gasteiger partial charge in [0.15, 0.2) is 0 Å². The second-order valence-corrected chi connectivity index (χ2v) is 8.45. The lowest BCUT2D eigenvalue weighted by Crippen LogP contribution is -2.43. The SMILES string of the molecule is NCCN1C[C@@H](OCc2ccccc2)[C@H](OCc2ccccc2)[C@H]1COCc1ccccc1. The first-order valence-electron chi connectivity index (χ1n) is 11.7. The van der Waals surface area contributed by atoms with Crippen LogP contribution in [0.5, 0.6) is 0 Å². The minimum absolute atomic E-state index is 0.0502. The molecule has 0 bridgehead atoms. The fraction of sp³-hybridized carbons (Fsp3) is 0.357. The number of nitrogens with zero attached hydrogens (tertiary/aromatic N) is 1. The van der Waals surface area contributed by atoms with Crippen LogP contribution in [0.25, 0.3) is 0 Å². The molecule has 5 nitrogen and oxygen atoms in total. The molecule has 0 amide bonds. The standard InChI is InChI=1S/C28H34N2O3/c29-16-17-30-18-27(32-20-24-12-6-2-7-13-24)28(33-21-25-14-8-3-9-15-25)26(30)22-31-19-23-10-4-1-5-11-23/h1-15,26-28H,16-22,29H2/t26-,27-,28-/m1/s1. The van der Waals surface area contributed by atoms with Gasteiger partial charge in [-0.05, 0) is 16.7 Å². The molecule has 3 aromatic rings. The largest absolute Gasteiger partial charge is 0.375 e. The summed E-state index contributed by atoms with van der Waals surface area (Å²) in [5, 5.41) is 0. The van der Waals surface area contributed by atoms with Crippen molar-refractivity contribution in [3.05, 3.63) is 108 Å². The molecule has 174 valence electrons. The molecular weight excluding hydrogens is 412 g/mol. The molecule has 0 unspecified atom stereocenters. The molecule has 3 atom stereocenters. The summed E-state index contributed by atoms with van der Waals surface area (Å²) in [6, 6.07) is 30.9. The lowest BCUT2D eigenvalue weighted by atomic mass is 10.1. The van der Waals surface area contributed by atoms with Gasteiger partial charge in [-0.2, -0.15) is 0 Å². The van der Waals surface area contributed by atoms with E-state index in [2.05, 4.69) is 41.3 Å². The van der Waals surface area contributed by atoms with E-state index in [0.29, 0.717) is 33.0 Å². The van der Waals surface area contributed by atoms with E-state index in [1.54, 1.807) is 0 Å². The van der Waals surface area contributed by atoms with E-state index >= 15 is 0 Å². The summed E-state index contributed by atoms with van der Waals surface area (Å²) in [7, 11) is 0. The summed E-state index contributed by atoms with van der Waals surface area (Å²) in [5.41, 5.74) is 9.43. The Morgan fingerprint density at radius 2 is 1.21 bits per heavy atom. The molecule has 1 aliphatic rings.